The zero-order valence-electron chi connectivity index (χ0n) is 20.5. The number of thioether (sulfide) groups is 1. The summed E-state index contributed by atoms with van der Waals surface area (Å²) in [6.07, 6.45) is 2.15. The van der Waals surface area contributed by atoms with E-state index in [0.29, 0.717) is 10.8 Å². The highest BCUT2D eigenvalue weighted by Crippen LogP contribution is 2.40. The highest BCUT2D eigenvalue weighted by Gasteiger charge is 2.34. The minimum Gasteiger partial charge on any atom is -0.460 e. The van der Waals surface area contributed by atoms with E-state index in [1.807, 2.05) is 45.9 Å². The van der Waals surface area contributed by atoms with E-state index >= 15 is 0 Å². The maximum atomic E-state index is 12.9. The molecule has 4 rings (SSSR count). The zero-order chi connectivity index (χ0) is 24.8. The number of nitrogens with zero attached hydrogens (tertiary/aromatic N) is 4. The summed E-state index contributed by atoms with van der Waals surface area (Å²) in [6, 6.07) is 5.41. The van der Waals surface area contributed by atoms with Crippen LogP contribution < -0.4 is 0 Å². The molecule has 3 aromatic rings. The van der Waals surface area contributed by atoms with Crippen molar-refractivity contribution in [2.75, 3.05) is 6.26 Å². The SMILES string of the molecule is CSCc1cc(Cl)ccc1C1=NC(CC(=O)OC(C)(C)C)c2nnc(C)n2-c2sc(C)c(C)c21. The maximum Gasteiger partial charge on any atom is 0.308 e. The van der Waals surface area contributed by atoms with E-state index < -0.39 is 11.6 Å². The molecule has 34 heavy (non-hydrogen) atoms. The van der Waals surface area contributed by atoms with Crippen molar-refractivity contribution in [3.05, 3.63) is 62.0 Å². The lowest BCUT2D eigenvalue weighted by Gasteiger charge is -2.21. The first-order valence-corrected chi connectivity index (χ1v) is 13.7. The Morgan fingerprint density at radius 3 is 2.65 bits per heavy atom. The second-order valence-electron chi connectivity index (χ2n) is 9.42. The lowest BCUT2D eigenvalue weighted by atomic mass is 9.96. The number of aromatic nitrogens is 3. The monoisotopic (exact) mass is 516 g/mol. The number of fused-ring (bicyclic) bond motifs is 3. The summed E-state index contributed by atoms with van der Waals surface area (Å²) < 4.78 is 7.69. The number of carbonyl (C=O) groups excluding carboxylic acids is 1. The van der Waals surface area contributed by atoms with Gasteiger partial charge in [-0.15, -0.1) is 21.5 Å². The van der Waals surface area contributed by atoms with Crippen LogP contribution in [0.25, 0.3) is 5.00 Å². The molecule has 2 aromatic heterocycles. The van der Waals surface area contributed by atoms with E-state index in [9.17, 15) is 4.79 Å². The average molecular weight is 517 g/mol. The third-order valence-electron chi connectivity index (χ3n) is 5.64. The van der Waals surface area contributed by atoms with Crippen LogP contribution in [-0.4, -0.2) is 38.3 Å². The highest BCUT2D eigenvalue weighted by molar-refractivity contribution is 7.97. The summed E-state index contributed by atoms with van der Waals surface area (Å²) in [7, 11) is 0. The summed E-state index contributed by atoms with van der Waals surface area (Å²) >= 11 is 9.80. The average Bonchev–Trinajstić information content (AvgIpc) is 3.20. The molecule has 1 aliphatic rings. The molecule has 1 aromatic carbocycles. The minimum atomic E-state index is -0.577. The van der Waals surface area contributed by atoms with Crippen LogP contribution >= 0.6 is 34.7 Å². The van der Waals surface area contributed by atoms with E-state index in [2.05, 4.69) is 34.9 Å². The van der Waals surface area contributed by atoms with Gasteiger partial charge in [0.15, 0.2) is 5.82 Å². The van der Waals surface area contributed by atoms with Crippen LogP contribution in [0.2, 0.25) is 5.02 Å². The summed E-state index contributed by atoms with van der Waals surface area (Å²) in [5.74, 6) is 1.91. The standard InChI is InChI=1S/C25H29ClN4O2S2/c1-13-14(2)34-24-21(13)22(18-9-8-17(26)10-16(18)12-33-7)27-19(11-20(31)32-25(4,5)6)23-29-28-15(3)30(23)24/h8-10,19H,11-12H2,1-7H3. The number of halogens is 1. The van der Waals surface area contributed by atoms with Crippen LogP contribution in [0.3, 0.4) is 0 Å². The van der Waals surface area contributed by atoms with Crippen LogP contribution in [0.4, 0.5) is 0 Å². The maximum absolute atomic E-state index is 12.9. The fourth-order valence-electron chi connectivity index (χ4n) is 4.12. The zero-order valence-corrected chi connectivity index (χ0v) is 22.9. The molecular weight excluding hydrogens is 488 g/mol. The fraction of sp³-hybridized carbons (Fsp3) is 0.440. The molecule has 1 unspecified atom stereocenters. The normalized spacial score (nSPS) is 15.4. The predicted molar refractivity (Wildman–Crippen MR) is 141 cm³/mol. The third-order valence-corrected chi connectivity index (χ3v) is 7.67. The Balaban J connectivity index is 1.96. The Bertz CT molecular complexity index is 1290. The topological polar surface area (TPSA) is 69.4 Å². The molecule has 0 saturated carbocycles. The van der Waals surface area contributed by atoms with Crippen molar-refractivity contribution in [3.8, 4) is 5.00 Å². The van der Waals surface area contributed by atoms with Crippen LogP contribution in [-0.2, 0) is 15.3 Å². The van der Waals surface area contributed by atoms with Gasteiger partial charge in [-0.3, -0.25) is 14.4 Å². The molecule has 0 aliphatic carbocycles. The molecule has 0 N–H and O–H groups in total. The molecule has 0 radical (unpaired) electrons. The van der Waals surface area contributed by atoms with E-state index in [1.165, 1.54) is 10.4 Å². The van der Waals surface area contributed by atoms with E-state index in [1.54, 1.807) is 23.1 Å². The largest absolute Gasteiger partial charge is 0.460 e. The number of aryl methyl sites for hydroxylation is 2. The quantitative estimate of drug-likeness (QED) is 0.367. The molecule has 0 spiro atoms. The first kappa shape index (κ1) is 24.9. The number of hydrogen-bond acceptors (Lipinski definition) is 7. The second-order valence-corrected chi connectivity index (χ2v) is 11.9. The molecule has 1 aliphatic heterocycles. The van der Waals surface area contributed by atoms with Crippen LogP contribution in [0.1, 0.15) is 72.0 Å². The van der Waals surface area contributed by atoms with Gasteiger partial charge in [0.2, 0.25) is 0 Å². The molecule has 3 heterocycles. The van der Waals surface area contributed by atoms with E-state index in [4.69, 9.17) is 21.3 Å². The Morgan fingerprint density at radius 2 is 1.97 bits per heavy atom. The Hall–Kier alpha value is -2.16. The highest BCUT2D eigenvalue weighted by atomic mass is 35.5. The number of aliphatic imine (C=N–C) groups is 1. The number of carbonyl (C=O) groups is 1. The minimum absolute atomic E-state index is 0.0807. The van der Waals surface area contributed by atoms with Crippen molar-refractivity contribution >= 4 is 46.4 Å². The van der Waals surface area contributed by atoms with Crippen molar-refractivity contribution in [1.29, 1.82) is 0 Å². The number of esters is 1. The summed E-state index contributed by atoms with van der Waals surface area (Å²) in [6.45, 7) is 11.8. The molecule has 0 saturated heterocycles. The molecular formula is C25H29ClN4O2S2. The van der Waals surface area contributed by atoms with Gasteiger partial charge in [0.05, 0.1) is 12.1 Å². The van der Waals surface area contributed by atoms with Crippen molar-refractivity contribution in [1.82, 2.24) is 14.8 Å². The second kappa shape index (κ2) is 9.47. The summed E-state index contributed by atoms with van der Waals surface area (Å²) in [5.41, 5.74) is 4.64. The molecule has 1 atom stereocenters. The van der Waals surface area contributed by atoms with Gasteiger partial charge in [0.25, 0.3) is 0 Å². The molecule has 0 bridgehead atoms. The fourth-order valence-corrected chi connectivity index (χ4v) is 6.08. The molecule has 0 amide bonds. The lowest BCUT2D eigenvalue weighted by Crippen LogP contribution is -2.25. The third kappa shape index (κ3) is 4.81. The summed E-state index contributed by atoms with van der Waals surface area (Å²) in [4.78, 5) is 19.3. The summed E-state index contributed by atoms with van der Waals surface area (Å²) in [5, 5.41) is 10.5. The number of rotatable bonds is 5. The smallest absolute Gasteiger partial charge is 0.308 e. The Morgan fingerprint density at radius 1 is 1.24 bits per heavy atom. The number of hydrogen-bond donors (Lipinski definition) is 0. The van der Waals surface area contributed by atoms with Crippen molar-refractivity contribution in [2.24, 2.45) is 4.99 Å². The number of thiophene rings is 1. The van der Waals surface area contributed by atoms with E-state index in [0.717, 1.165) is 39.0 Å². The van der Waals surface area contributed by atoms with Gasteiger partial charge < -0.3 is 4.74 Å². The lowest BCUT2D eigenvalue weighted by molar-refractivity contribution is -0.155. The van der Waals surface area contributed by atoms with Gasteiger partial charge in [-0.2, -0.15) is 11.8 Å². The van der Waals surface area contributed by atoms with Gasteiger partial charge in [-0.05, 0) is 71.1 Å². The van der Waals surface area contributed by atoms with E-state index in [-0.39, 0.29) is 12.4 Å². The van der Waals surface area contributed by atoms with Crippen molar-refractivity contribution < 1.29 is 9.53 Å². The molecule has 180 valence electrons. The Labute approximate surface area is 213 Å². The molecule has 9 heteroatoms. The van der Waals surface area contributed by atoms with Crippen LogP contribution in [0, 0.1) is 20.8 Å². The number of benzene rings is 1. The Kier molecular flexibility index (Phi) is 6.95. The van der Waals surface area contributed by atoms with Gasteiger partial charge in [0.1, 0.15) is 22.5 Å². The predicted octanol–water partition coefficient (Wildman–Crippen LogP) is 6.39. The van der Waals surface area contributed by atoms with Gasteiger partial charge in [-0.25, -0.2) is 0 Å². The van der Waals surface area contributed by atoms with Crippen molar-refractivity contribution in [2.45, 2.75) is 65.4 Å². The number of ether oxygens (including phenoxy) is 1. The van der Waals surface area contributed by atoms with Gasteiger partial charge in [-0.1, -0.05) is 17.7 Å². The first-order chi connectivity index (χ1) is 16.0. The van der Waals surface area contributed by atoms with Gasteiger partial charge in [0, 0.05) is 26.8 Å². The van der Waals surface area contributed by atoms with Crippen LogP contribution in [0.5, 0.6) is 0 Å². The molecule has 6 nitrogen and oxygen atoms in total. The van der Waals surface area contributed by atoms with Gasteiger partial charge >= 0.3 is 5.97 Å². The first-order valence-electron chi connectivity index (χ1n) is 11.1. The van der Waals surface area contributed by atoms with Crippen LogP contribution in [0.15, 0.2) is 23.2 Å². The van der Waals surface area contributed by atoms with Crippen molar-refractivity contribution in [3.63, 3.8) is 0 Å². The molecule has 0 fully saturated rings.